The summed E-state index contributed by atoms with van der Waals surface area (Å²) in [4.78, 5) is 18.2. The number of carbonyl (C=O) groups excluding carboxylic acids is 1. The quantitative estimate of drug-likeness (QED) is 0.225. The lowest BCUT2D eigenvalue weighted by Crippen LogP contribution is -2.42. The summed E-state index contributed by atoms with van der Waals surface area (Å²) in [6, 6.07) is 7.64. The molecule has 0 spiro atoms. The van der Waals surface area contributed by atoms with Crippen LogP contribution in [0.2, 0.25) is 0 Å². The summed E-state index contributed by atoms with van der Waals surface area (Å²) in [6.45, 7) is 4.50. The van der Waals surface area contributed by atoms with Crippen molar-refractivity contribution in [3.8, 4) is 5.75 Å². The van der Waals surface area contributed by atoms with Crippen LogP contribution in [0.15, 0.2) is 29.3 Å². The van der Waals surface area contributed by atoms with Crippen LogP contribution in [0.25, 0.3) is 0 Å². The lowest BCUT2D eigenvalue weighted by atomic mass is 10.2. The van der Waals surface area contributed by atoms with E-state index in [1.807, 2.05) is 24.3 Å². The minimum atomic E-state index is -0.00568. The number of carbonyl (C=O) groups is 1. The number of halogens is 1. The molecule has 0 aliphatic carbocycles. The molecule has 1 aromatic rings. The number of rotatable bonds is 9. The van der Waals surface area contributed by atoms with Crippen molar-refractivity contribution >= 4 is 41.5 Å². The van der Waals surface area contributed by atoms with E-state index >= 15 is 0 Å². The third-order valence-electron chi connectivity index (χ3n) is 4.74. The molecule has 1 aromatic carbocycles. The Morgan fingerprint density at radius 3 is 2.83 bits per heavy atom. The number of ether oxygens (including phenoxy) is 3. The lowest BCUT2D eigenvalue weighted by molar-refractivity contribution is -0.121. The highest BCUT2D eigenvalue weighted by atomic mass is 127. The normalized spacial score (nSPS) is 18.7. The van der Waals surface area contributed by atoms with Crippen molar-refractivity contribution in [1.29, 1.82) is 0 Å². The zero-order chi connectivity index (χ0) is 19.6. The minimum absolute atomic E-state index is 0. The van der Waals surface area contributed by atoms with E-state index in [0.29, 0.717) is 13.2 Å². The molecule has 9 heteroatoms. The zero-order valence-corrected chi connectivity index (χ0v) is 19.2. The van der Waals surface area contributed by atoms with Crippen molar-refractivity contribution in [1.82, 2.24) is 10.6 Å². The highest BCUT2D eigenvalue weighted by Crippen LogP contribution is 2.31. The number of guanidine groups is 1. The maximum atomic E-state index is 12.2. The minimum Gasteiger partial charge on any atom is -0.482 e. The molecule has 1 fully saturated rings. The van der Waals surface area contributed by atoms with Crippen molar-refractivity contribution < 1.29 is 19.0 Å². The Morgan fingerprint density at radius 1 is 1.28 bits per heavy atom. The van der Waals surface area contributed by atoms with E-state index in [9.17, 15) is 4.79 Å². The Labute approximate surface area is 189 Å². The molecule has 1 saturated heterocycles. The number of benzene rings is 1. The fourth-order valence-electron chi connectivity index (χ4n) is 3.24. The number of anilines is 1. The summed E-state index contributed by atoms with van der Waals surface area (Å²) >= 11 is 0. The van der Waals surface area contributed by atoms with Crippen molar-refractivity contribution in [2.45, 2.75) is 25.4 Å². The summed E-state index contributed by atoms with van der Waals surface area (Å²) < 4.78 is 16.5. The van der Waals surface area contributed by atoms with Crippen molar-refractivity contribution in [2.75, 3.05) is 58.0 Å². The number of nitrogens with one attached hydrogen (secondary N) is 2. The van der Waals surface area contributed by atoms with Gasteiger partial charge in [0.2, 0.25) is 0 Å². The monoisotopic (exact) mass is 518 g/mol. The molecule has 2 aliphatic heterocycles. The second-order valence-corrected chi connectivity index (χ2v) is 6.79. The molecule has 2 N–H and O–H groups in total. The van der Waals surface area contributed by atoms with Gasteiger partial charge in [-0.05, 0) is 31.4 Å². The van der Waals surface area contributed by atoms with Crippen LogP contribution < -0.4 is 20.3 Å². The second kappa shape index (κ2) is 12.9. The van der Waals surface area contributed by atoms with Crippen molar-refractivity contribution in [2.24, 2.45) is 4.99 Å². The van der Waals surface area contributed by atoms with Gasteiger partial charge >= 0.3 is 0 Å². The van der Waals surface area contributed by atoms with Gasteiger partial charge in [-0.3, -0.25) is 9.79 Å². The summed E-state index contributed by atoms with van der Waals surface area (Å²) in [5, 5.41) is 6.57. The largest absolute Gasteiger partial charge is 0.482 e. The topological polar surface area (TPSA) is 84.4 Å². The van der Waals surface area contributed by atoms with Crippen molar-refractivity contribution in [3.63, 3.8) is 0 Å². The second-order valence-electron chi connectivity index (χ2n) is 6.79. The van der Waals surface area contributed by atoms with Gasteiger partial charge in [-0.15, -0.1) is 24.0 Å². The van der Waals surface area contributed by atoms with Gasteiger partial charge in [0.05, 0.1) is 18.4 Å². The van der Waals surface area contributed by atoms with Gasteiger partial charge in [-0.1, -0.05) is 12.1 Å². The molecule has 2 heterocycles. The van der Waals surface area contributed by atoms with E-state index in [4.69, 9.17) is 14.2 Å². The molecular weight excluding hydrogens is 487 g/mol. The molecule has 0 bridgehead atoms. The maximum absolute atomic E-state index is 12.2. The van der Waals surface area contributed by atoms with Gasteiger partial charge in [0.1, 0.15) is 5.75 Å². The van der Waals surface area contributed by atoms with E-state index < -0.39 is 0 Å². The fourth-order valence-corrected chi connectivity index (χ4v) is 3.24. The van der Waals surface area contributed by atoms with Gasteiger partial charge in [0, 0.05) is 39.9 Å². The Morgan fingerprint density at radius 2 is 2.07 bits per heavy atom. The number of hydrogen-bond acceptors (Lipinski definition) is 5. The Hall–Kier alpha value is -1.59. The van der Waals surface area contributed by atoms with Crippen LogP contribution in [0.5, 0.6) is 5.75 Å². The number of hydrogen-bond donors (Lipinski definition) is 2. The predicted molar refractivity (Wildman–Crippen MR) is 123 cm³/mol. The molecule has 2 aliphatic rings. The summed E-state index contributed by atoms with van der Waals surface area (Å²) in [5.74, 6) is 1.52. The third-order valence-corrected chi connectivity index (χ3v) is 4.74. The van der Waals surface area contributed by atoms with E-state index in [-0.39, 0.29) is 42.6 Å². The van der Waals surface area contributed by atoms with E-state index in [1.165, 1.54) is 0 Å². The van der Waals surface area contributed by atoms with Gasteiger partial charge < -0.3 is 29.7 Å². The molecule has 3 rings (SSSR count). The first-order valence-electron chi connectivity index (χ1n) is 9.94. The average Bonchev–Trinajstić information content (AvgIpc) is 3.24. The standard InChI is InChI=1S/C20H30N4O4.HI/c1-21-20(23-10-5-12-27-16-8-13-26-14-16)22-9-4-11-24-17-6-2-3-7-18(17)28-15-19(24)25;/h2-3,6-7,16H,4-5,8-15H2,1H3,(H2,21,22,23);1H. The predicted octanol–water partition coefficient (Wildman–Crippen LogP) is 1.78. The number of aliphatic imine (C=N–C) groups is 1. The first-order chi connectivity index (χ1) is 13.8. The fraction of sp³-hybridized carbons (Fsp3) is 0.600. The van der Waals surface area contributed by atoms with E-state index in [0.717, 1.165) is 63.0 Å². The maximum Gasteiger partial charge on any atom is 0.265 e. The summed E-state index contributed by atoms with van der Waals surface area (Å²) in [5.41, 5.74) is 0.842. The van der Waals surface area contributed by atoms with Crippen LogP contribution in [0.4, 0.5) is 5.69 Å². The Bertz CT molecular complexity index is 668. The smallest absolute Gasteiger partial charge is 0.265 e. The van der Waals surface area contributed by atoms with Crippen LogP contribution in [-0.2, 0) is 14.3 Å². The van der Waals surface area contributed by atoms with E-state index in [2.05, 4.69) is 15.6 Å². The molecule has 0 saturated carbocycles. The third kappa shape index (κ3) is 7.31. The molecule has 1 amide bonds. The molecule has 1 atom stereocenters. The summed E-state index contributed by atoms with van der Waals surface area (Å²) in [6.07, 6.45) is 2.97. The van der Waals surface area contributed by atoms with E-state index in [1.54, 1.807) is 11.9 Å². The Kier molecular flexibility index (Phi) is 10.5. The number of para-hydroxylation sites is 2. The first-order valence-corrected chi connectivity index (χ1v) is 9.94. The number of amides is 1. The van der Waals surface area contributed by atoms with Crippen LogP contribution in [0, 0.1) is 0 Å². The van der Waals surface area contributed by atoms with Gasteiger partial charge in [-0.25, -0.2) is 0 Å². The van der Waals surface area contributed by atoms with Crippen LogP contribution in [-0.4, -0.2) is 71.1 Å². The average molecular weight is 518 g/mol. The van der Waals surface area contributed by atoms with Crippen LogP contribution >= 0.6 is 24.0 Å². The SMILES string of the molecule is CN=C(NCCCOC1CCOC1)NCCCN1C(=O)COc2ccccc21.I. The highest BCUT2D eigenvalue weighted by molar-refractivity contribution is 14.0. The van der Waals surface area contributed by atoms with Gasteiger partial charge in [0.25, 0.3) is 5.91 Å². The van der Waals surface area contributed by atoms with Crippen molar-refractivity contribution in [3.05, 3.63) is 24.3 Å². The molecule has 0 radical (unpaired) electrons. The molecular formula is C20H31IN4O4. The lowest BCUT2D eigenvalue weighted by Gasteiger charge is -2.29. The molecule has 1 unspecified atom stereocenters. The molecule has 29 heavy (non-hydrogen) atoms. The van der Waals surface area contributed by atoms with Gasteiger partial charge in [-0.2, -0.15) is 0 Å². The van der Waals surface area contributed by atoms with Gasteiger partial charge in [0.15, 0.2) is 12.6 Å². The first kappa shape index (κ1) is 23.7. The molecule has 162 valence electrons. The number of nitrogens with zero attached hydrogens (tertiary/aromatic N) is 2. The molecule has 8 nitrogen and oxygen atoms in total. The van der Waals surface area contributed by atoms with Crippen LogP contribution in [0.1, 0.15) is 19.3 Å². The molecule has 0 aromatic heterocycles. The zero-order valence-electron chi connectivity index (χ0n) is 16.9. The summed E-state index contributed by atoms with van der Waals surface area (Å²) in [7, 11) is 1.75. The highest BCUT2D eigenvalue weighted by Gasteiger charge is 2.24. The van der Waals surface area contributed by atoms with Crippen LogP contribution in [0.3, 0.4) is 0 Å². The Balaban J connectivity index is 0.00000300. The number of fused-ring (bicyclic) bond motifs is 1.